The molecule has 0 aliphatic carbocycles. The number of benzene rings is 1. The van der Waals surface area contributed by atoms with Gasteiger partial charge in [0.1, 0.15) is 16.7 Å². The number of hydrogen-bond donors (Lipinski definition) is 1. The molecule has 2 heterocycles. The summed E-state index contributed by atoms with van der Waals surface area (Å²) in [6.07, 6.45) is 2.10. The first-order chi connectivity index (χ1) is 8.20. The van der Waals surface area contributed by atoms with E-state index in [2.05, 4.69) is 15.0 Å². The van der Waals surface area contributed by atoms with Crippen LogP contribution in [0.1, 0.15) is 10.5 Å². The SMILES string of the molecule is Cn1c(N)nc2c3nc(C=O)cnc3ccc21. The zero-order valence-corrected chi connectivity index (χ0v) is 9.08. The Bertz CT molecular complexity index is 746. The van der Waals surface area contributed by atoms with E-state index in [9.17, 15) is 4.79 Å². The molecule has 0 bridgehead atoms. The molecular weight excluding hydrogens is 218 g/mol. The highest BCUT2D eigenvalue weighted by Crippen LogP contribution is 2.23. The van der Waals surface area contributed by atoms with Crippen molar-refractivity contribution in [3.8, 4) is 0 Å². The molecular formula is C11H9N5O. The van der Waals surface area contributed by atoms with Crippen molar-refractivity contribution < 1.29 is 4.79 Å². The van der Waals surface area contributed by atoms with Crippen molar-refractivity contribution in [1.82, 2.24) is 19.5 Å². The molecule has 0 saturated carbocycles. The number of aromatic nitrogens is 4. The molecule has 1 aromatic carbocycles. The topological polar surface area (TPSA) is 86.7 Å². The van der Waals surface area contributed by atoms with Gasteiger partial charge in [-0.25, -0.2) is 9.97 Å². The Hall–Kier alpha value is -2.50. The van der Waals surface area contributed by atoms with Crippen molar-refractivity contribution >= 4 is 34.3 Å². The summed E-state index contributed by atoms with van der Waals surface area (Å²) in [5, 5.41) is 0. The molecule has 84 valence electrons. The molecule has 0 aliphatic heterocycles. The number of rotatable bonds is 1. The molecule has 0 unspecified atom stereocenters. The Morgan fingerprint density at radius 1 is 1.29 bits per heavy atom. The number of nitrogens with zero attached hydrogens (tertiary/aromatic N) is 4. The van der Waals surface area contributed by atoms with E-state index < -0.39 is 0 Å². The summed E-state index contributed by atoms with van der Waals surface area (Å²) in [6.45, 7) is 0. The van der Waals surface area contributed by atoms with Crippen LogP contribution < -0.4 is 5.73 Å². The molecule has 0 fully saturated rings. The fraction of sp³-hybridized carbons (Fsp3) is 0.0909. The van der Waals surface area contributed by atoms with Crippen molar-refractivity contribution in [1.29, 1.82) is 0 Å². The lowest BCUT2D eigenvalue weighted by Gasteiger charge is -1.99. The number of aryl methyl sites for hydroxylation is 1. The normalized spacial score (nSPS) is 11.1. The number of imidazole rings is 1. The van der Waals surface area contributed by atoms with Gasteiger partial charge in [0.05, 0.1) is 17.2 Å². The minimum absolute atomic E-state index is 0.286. The second-order valence-electron chi connectivity index (χ2n) is 3.74. The van der Waals surface area contributed by atoms with Crippen molar-refractivity contribution in [2.45, 2.75) is 0 Å². The number of hydrogen-bond acceptors (Lipinski definition) is 5. The van der Waals surface area contributed by atoms with Crippen LogP contribution >= 0.6 is 0 Å². The van der Waals surface area contributed by atoms with Gasteiger partial charge in [0.15, 0.2) is 6.29 Å². The van der Waals surface area contributed by atoms with Gasteiger partial charge in [-0.3, -0.25) is 9.78 Å². The number of aldehydes is 1. The third kappa shape index (κ3) is 1.27. The average Bonchev–Trinajstić information content (AvgIpc) is 2.65. The number of nitrogens with two attached hydrogens (primary N) is 1. The van der Waals surface area contributed by atoms with E-state index in [1.807, 2.05) is 19.2 Å². The molecule has 17 heavy (non-hydrogen) atoms. The van der Waals surface area contributed by atoms with Gasteiger partial charge < -0.3 is 10.3 Å². The Labute approximate surface area is 96.1 Å². The second-order valence-corrected chi connectivity index (χ2v) is 3.74. The first-order valence-corrected chi connectivity index (χ1v) is 5.03. The first kappa shape index (κ1) is 9.71. The molecule has 6 nitrogen and oxygen atoms in total. The standard InChI is InChI=1S/C11H9N5O/c1-16-8-3-2-7-9(10(8)15-11(16)12)14-6(5-17)4-13-7/h2-5H,1H3,(H2,12,15). The number of fused-ring (bicyclic) bond motifs is 3. The van der Waals surface area contributed by atoms with Gasteiger partial charge in [0.25, 0.3) is 0 Å². The molecule has 3 aromatic rings. The highest BCUT2D eigenvalue weighted by atomic mass is 16.1. The summed E-state index contributed by atoms with van der Waals surface area (Å²) >= 11 is 0. The fourth-order valence-electron chi connectivity index (χ4n) is 1.82. The van der Waals surface area contributed by atoms with Gasteiger partial charge in [0.2, 0.25) is 5.95 Å². The maximum Gasteiger partial charge on any atom is 0.201 e. The van der Waals surface area contributed by atoms with Crippen LogP contribution in [0.5, 0.6) is 0 Å². The first-order valence-electron chi connectivity index (χ1n) is 5.03. The molecule has 3 rings (SSSR count). The van der Waals surface area contributed by atoms with Crippen molar-refractivity contribution in [2.75, 3.05) is 5.73 Å². The molecule has 0 saturated heterocycles. The Morgan fingerprint density at radius 3 is 2.88 bits per heavy atom. The smallest absolute Gasteiger partial charge is 0.201 e. The lowest BCUT2D eigenvalue weighted by molar-refractivity contribution is 0.111. The lowest BCUT2D eigenvalue weighted by atomic mass is 10.2. The van der Waals surface area contributed by atoms with Crippen LogP contribution in [-0.2, 0) is 7.05 Å². The van der Waals surface area contributed by atoms with Gasteiger partial charge in [0, 0.05) is 7.05 Å². The molecule has 0 atom stereocenters. The van der Waals surface area contributed by atoms with E-state index in [0.29, 0.717) is 28.8 Å². The molecule has 2 aromatic heterocycles. The molecule has 0 aliphatic rings. The molecule has 0 spiro atoms. The number of carbonyl (C=O) groups excluding carboxylic acids is 1. The summed E-state index contributed by atoms with van der Waals surface area (Å²) < 4.78 is 1.77. The van der Waals surface area contributed by atoms with Crippen LogP contribution in [0.2, 0.25) is 0 Å². The molecule has 6 heteroatoms. The third-order valence-electron chi connectivity index (χ3n) is 2.74. The summed E-state index contributed by atoms with van der Waals surface area (Å²) in [5.74, 6) is 0.408. The van der Waals surface area contributed by atoms with Crippen molar-refractivity contribution in [3.63, 3.8) is 0 Å². The summed E-state index contributed by atoms with van der Waals surface area (Å²) in [5.41, 5.74) is 8.86. The predicted molar refractivity (Wildman–Crippen MR) is 63.6 cm³/mol. The highest BCUT2D eigenvalue weighted by Gasteiger charge is 2.10. The Balaban J connectivity index is 2.52. The molecule has 0 radical (unpaired) electrons. The number of carbonyl (C=O) groups is 1. The average molecular weight is 227 g/mol. The third-order valence-corrected chi connectivity index (χ3v) is 2.74. The minimum Gasteiger partial charge on any atom is -0.369 e. The van der Waals surface area contributed by atoms with Crippen LogP contribution in [0.25, 0.3) is 22.1 Å². The van der Waals surface area contributed by atoms with Gasteiger partial charge in [-0.2, -0.15) is 0 Å². The summed E-state index contributed by atoms with van der Waals surface area (Å²) in [7, 11) is 1.83. The lowest BCUT2D eigenvalue weighted by Crippen LogP contribution is -1.95. The molecule has 2 N–H and O–H groups in total. The highest BCUT2D eigenvalue weighted by molar-refractivity contribution is 6.01. The Kier molecular flexibility index (Phi) is 1.85. The van der Waals surface area contributed by atoms with E-state index in [0.717, 1.165) is 5.52 Å². The second kappa shape index (κ2) is 3.24. The Morgan fingerprint density at radius 2 is 2.12 bits per heavy atom. The van der Waals surface area contributed by atoms with Gasteiger partial charge in [-0.1, -0.05) is 0 Å². The summed E-state index contributed by atoms with van der Waals surface area (Å²) in [6, 6.07) is 3.72. The maximum atomic E-state index is 10.7. The van der Waals surface area contributed by atoms with Crippen LogP contribution in [-0.4, -0.2) is 25.8 Å². The van der Waals surface area contributed by atoms with Crippen LogP contribution in [0, 0.1) is 0 Å². The van der Waals surface area contributed by atoms with Gasteiger partial charge >= 0.3 is 0 Å². The van der Waals surface area contributed by atoms with E-state index in [1.165, 1.54) is 6.20 Å². The van der Waals surface area contributed by atoms with Crippen molar-refractivity contribution in [2.24, 2.45) is 7.05 Å². The number of nitrogen functional groups attached to an aromatic ring is 1. The van der Waals surface area contributed by atoms with Crippen molar-refractivity contribution in [3.05, 3.63) is 24.0 Å². The van der Waals surface area contributed by atoms with Crippen LogP contribution in [0.3, 0.4) is 0 Å². The molecule has 0 amide bonds. The predicted octanol–water partition coefficient (Wildman–Crippen LogP) is 0.911. The van der Waals surface area contributed by atoms with E-state index >= 15 is 0 Å². The zero-order valence-electron chi connectivity index (χ0n) is 9.08. The van der Waals surface area contributed by atoms with Crippen LogP contribution in [0.4, 0.5) is 5.95 Å². The zero-order chi connectivity index (χ0) is 12.0. The monoisotopic (exact) mass is 227 g/mol. The van der Waals surface area contributed by atoms with Gasteiger partial charge in [-0.05, 0) is 12.1 Å². The fourth-order valence-corrected chi connectivity index (χ4v) is 1.82. The minimum atomic E-state index is 0.286. The van der Waals surface area contributed by atoms with Gasteiger partial charge in [-0.15, -0.1) is 0 Å². The van der Waals surface area contributed by atoms with Crippen LogP contribution in [0.15, 0.2) is 18.3 Å². The number of anilines is 1. The van der Waals surface area contributed by atoms with E-state index in [-0.39, 0.29) is 5.69 Å². The van der Waals surface area contributed by atoms with E-state index in [1.54, 1.807) is 4.57 Å². The quantitative estimate of drug-likeness (QED) is 0.624. The van der Waals surface area contributed by atoms with E-state index in [4.69, 9.17) is 5.73 Å². The summed E-state index contributed by atoms with van der Waals surface area (Å²) in [4.78, 5) is 23.3. The largest absolute Gasteiger partial charge is 0.369 e. The maximum absolute atomic E-state index is 10.7.